The largest absolute Gasteiger partial charge is 0.387 e. The Hall–Kier alpha value is -1.68. The van der Waals surface area contributed by atoms with Crippen molar-refractivity contribution in [2.24, 2.45) is 0 Å². The molecular formula is C14H18O4. The van der Waals surface area contributed by atoms with E-state index in [9.17, 15) is 9.59 Å². The quantitative estimate of drug-likeness (QED) is 0.644. The van der Waals surface area contributed by atoms with Gasteiger partial charge in [-0.05, 0) is 30.0 Å². The molecule has 0 fully saturated rings. The monoisotopic (exact) mass is 250 g/mol. The van der Waals surface area contributed by atoms with E-state index in [-0.39, 0.29) is 11.0 Å². The van der Waals surface area contributed by atoms with Crippen molar-refractivity contribution in [1.29, 1.82) is 0 Å². The van der Waals surface area contributed by atoms with E-state index >= 15 is 0 Å². The molecule has 1 N–H and O–H groups in total. The Bertz CT molecular complexity index is 438. The Kier molecular flexibility index (Phi) is 4.24. The molecule has 0 spiro atoms. The summed E-state index contributed by atoms with van der Waals surface area (Å²) in [5, 5.41) is 8.94. The van der Waals surface area contributed by atoms with Gasteiger partial charge in [0, 0.05) is 0 Å². The highest BCUT2D eigenvalue weighted by Crippen LogP contribution is 2.22. The summed E-state index contributed by atoms with van der Waals surface area (Å²) in [5.41, 5.74) is 1.37. The van der Waals surface area contributed by atoms with Gasteiger partial charge in [0.05, 0.1) is 5.56 Å². The molecule has 0 bridgehead atoms. The molecule has 0 aliphatic heterocycles. The highest BCUT2D eigenvalue weighted by molar-refractivity contribution is 5.97. The molecule has 1 atom stereocenters. The van der Waals surface area contributed by atoms with E-state index in [4.69, 9.17) is 5.11 Å². The molecule has 98 valence electrons. The molecule has 1 unspecified atom stereocenters. The molecule has 0 saturated carbocycles. The molecule has 0 aliphatic carbocycles. The summed E-state index contributed by atoms with van der Waals surface area (Å²) in [7, 11) is 0. The van der Waals surface area contributed by atoms with Gasteiger partial charge in [-0.25, -0.2) is 9.59 Å². The van der Waals surface area contributed by atoms with Gasteiger partial charge in [-0.2, -0.15) is 0 Å². The highest BCUT2D eigenvalue weighted by atomic mass is 16.6. The van der Waals surface area contributed by atoms with Gasteiger partial charge < -0.3 is 9.84 Å². The van der Waals surface area contributed by atoms with E-state index in [1.54, 1.807) is 12.1 Å². The number of ether oxygens (including phenoxy) is 1. The number of aliphatic hydroxyl groups excluding tert-OH is 1. The molecule has 4 heteroatoms. The maximum Gasteiger partial charge on any atom is 0.345 e. The summed E-state index contributed by atoms with van der Waals surface area (Å²) in [4.78, 5) is 22.6. The fourth-order valence-corrected chi connectivity index (χ4v) is 1.34. The average molecular weight is 250 g/mol. The van der Waals surface area contributed by atoms with Gasteiger partial charge in [-0.15, -0.1) is 0 Å². The molecule has 18 heavy (non-hydrogen) atoms. The van der Waals surface area contributed by atoms with Gasteiger partial charge in [0.1, 0.15) is 6.10 Å². The first-order valence-corrected chi connectivity index (χ1v) is 5.76. The Labute approximate surface area is 107 Å². The van der Waals surface area contributed by atoms with Crippen LogP contribution in [0.4, 0.5) is 0 Å². The van der Waals surface area contributed by atoms with Gasteiger partial charge >= 0.3 is 11.9 Å². The molecular weight excluding hydrogens is 232 g/mol. The van der Waals surface area contributed by atoms with Crippen LogP contribution >= 0.6 is 0 Å². The Morgan fingerprint density at radius 2 is 1.67 bits per heavy atom. The molecule has 0 heterocycles. The van der Waals surface area contributed by atoms with Crippen molar-refractivity contribution in [2.75, 3.05) is 0 Å². The Balaban J connectivity index is 2.80. The lowest BCUT2D eigenvalue weighted by molar-refractivity contribution is -0.146. The fraction of sp³-hybridized carbons (Fsp3) is 0.429. The minimum atomic E-state index is -1.30. The van der Waals surface area contributed by atoms with Crippen molar-refractivity contribution in [3.63, 3.8) is 0 Å². The lowest BCUT2D eigenvalue weighted by atomic mass is 9.87. The van der Waals surface area contributed by atoms with Gasteiger partial charge in [-0.3, -0.25) is 0 Å². The third kappa shape index (κ3) is 3.67. The fourth-order valence-electron chi connectivity index (χ4n) is 1.34. The second-order valence-electron chi connectivity index (χ2n) is 5.21. The van der Waals surface area contributed by atoms with Crippen LogP contribution < -0.4 is 0 Å². The SMILES string of the molecule is CC(O)C(=O)OC(=O)c1ccc(C(C)(C)C)cc1. The second-order valence-corrected chi connectivity index (χ2v) is 5.21. The van der Waals surface area contributed by atoms with Crippen molar-refractivity contribution in [1.82, 2.24) is 0 Å². The van der Waals surface area contributed by atoms with E-state index in [1.165, 1.54) is 6.92 Å². The molecule has 0 amide bonds. The number of aliphatic hydroxyl groups is 1. The second kappa shape index (κ2) is 5.31. The van der Waals surface area contributed by atoms with E-state index in [2.05, 4.69) is 25.5 Å². The summed E-state index contributed by atoms with van der Waals surface area (Å²) in [6.45, 7) is 7.45. The van der Waals surface area contributed by atoms with Crippen LogP contribution in [0.15, 0.2) is 24.3 Å². The van der Waals surface area contributed by atoms with Crippen molar-refractivity contribution < 1.29 is 19.4 Å². The summed E-state index contributed by atoms with van der Waals surface area (Å²) in [6, 6.07) is 6.86. The average Bonchev–Trinajstić information content (AvgIpc) is 2.27. The van der Waals surface area contributed by atoms with Crippen molar-refractivity contribution >= 4 is 11.9 Å². The maximum absolute atomic E-state index is 11.6. The predicted octanol–water partition coefficient (Wildman–Crippen LogP) is 2.05. The van der Waals surface area contributed by atoms with Crippen LogP contribution in [0.25, 0.3) is 0 Å². The summed E-state index contributed by atoms with van der Waals surface area (Å²) in [6.07, 6.45) is -1.30. The van der Waals surface area contributed by atoms with Crippen LogP contribution in [-0.2, 0) is 14.9 Å². The van der Waals surface area contributed by atoms with Crippen molar-refractivity contribution in [3.05, 3.63) is 35.4 Å². The highest BCUT2D eigenvalue weighted by Gasteiger charge is 2.18. The topological polar surface area (TPSA) is 63.6 Å². The minimum absolute atomic E-state index is 0.00212. The maximum atomic E-state index is 11.6. The lowest BCUT2D eigenvalue weighted by Gasteiger charge is -2.18. The molecule has 0 aromatic heterocycles. The van der Waals surface area contributed by atoms with Crippen LogP contribution in [0.3, 0.4) is 0 Å². The summed E-state index contributed by atoms with van der Waals surface area (Å²) >= 11 is 0. The number of rotatable bonds is 2. The number of benzene rings is 1. The van der Waals surface area contributed by atoms with E-state index < -0.39 is 18.0 Å². The molecule has 1 aromatic carbocycles. The van der Waals surface area contributed by atoms with Gasteiger partial charge in [0.2, 0.25) is 0 Å². The molecule has 0 saturated heterocycles. The van der Waals surface area contributed by atoms with E-state index in [1.807, 2.05) is 12.1 Å². The smallest absolute Gasteiger partial charge is 0.345 e. The van der Waals surface area contributed by atoms with Crippen LogP contribution in [0, 0.1) is 0 Å². The van der Waals surface area contributed by atoms with Gasteiger partial charge in [-0.1, -0.05) is 32.9 Å². The molecule has 1 aromatic rings. The summed E-state index contributed by atoms with van der Waals surface area (Å²) < 4.78 is 4.50. The van der Waals surface area contributed by atoms with Crippen LogP contribution in [0.5, 0.6) is 0 Å². The van der Waals surface area contributed by atoms with Crippen molar-refractivity contribution in [3.8, 4) is 0 Å². The molecule has 0 aliphatic rings. The first-order valence-electron chi connectivity index (χ1n) is 5.76. The predicted molar refractivity (Wildman–Crippen MR) is 67.2 cm³/mol. The van der Waals surface area contributed by atoms with Crippen LogP contribution in [0.2, 0.25) is 0 Å². The normalized spacial score (nSPS) is 12.9. The number of carbonyl (C=O) groups is 2. The van der Waals surface area contributed by atoms with E-state index in [0.717, 1.165) is 5.56 Å². The minimum Gasteiger partial charge on any atom is -0.387 e. The van der Waals surface area contributed by atoms with Crippen molar-refractivity contribution in [2.45, 2.75) is 39.2 Å². The third-order valence-corrected chi connectivity index (χ3v) is 2.52. The van der Waals surface area contributed by atoms with Gasteiger partial charge in [0.15, 0.2) is 0 Å². The molecule has 1 rings (SSSR count). The van der Waals surface area contributed by atoms with E-state index in [0.29, 0.717) is 0 Å². The number of carbonyl (C=O) groups excluding carboxylic acids is 2. The zero-order valence-electron chi connectivity index (χ0n) is 11.1. The van der Waals surface area contributed by atoms with Crippen LogP contribution in [0.1, 0.15) is 43.6 Å². The van der Waals surface area contributed by atoms with Gasteiger partial charge in [0.25, 0.3) is 0 Å². The van der Waals surface area contributed by atoms with Crippen LogP contribution in [-0.4, -0.2) is 23.1 Å². The first-order chi connectivity index (χ1) is 8.21. The first kappa shape index (κ1) is 14.4. The summed E-state index contributed by atoms with van der Waals surface area (Å²) in [5.74, 6) is -1.69. The zero-order chi connectivity index (χ0) is 13.9. The number of esters is 2. The Morgan fingerprint density at radius 3 is 2.06 bits per heavy atom. The number of hydrogen-bond donors (Lipinski definition) is 1. The number of hydrogen-bond acceptors (Lipinski definition) is 4. The lowest BCUT2D eigenvalue weighted by Crippen LogP contribution is -2.23. The third-order valence-electron chi connectivity index (χ3n) is 2.52. The Morgan fingerprint density at radius 1 is 1.17 bits per heavy atom. The zero-order valence-corrected chi connectivity index (χ0v) is 11.1. The standard InChI is InChI=1S/C14H18O4/c1-9(15)12(16)18-13(17)10-5-7-11(8-6-10)14(2,3)4/h5-9,15H,1-4H3. The molecule has 4 nitrogen and oxygen atoms in total. The molecule has 0 radical (unpaired) electrons.